The van der Waals surface area contributed by atoms with E-state index in [2.05, 4.69) is 0 Å². The van der Waals surface area contributed by atoms with E-state index in [1.807, 2.05) is 4.90 Å². The van der Waals surface area contributed by atoms with E-state index in [0.29, 0.717) is 30.8 Å². The molecule has 5 nitrogen and oxygen atoms in total. The minimum Gasteiger partial charge on any atom is -0.369 e. The van der Waals surface area contributed by atoms with Gasteiger partial charge in [-0.05, 0) is 43.9 Å². The summed E-state index contributed by atoms with van der Waals surface area (Å²) in [5, 5.41) is 0. The Bertz CT molecular complexity index is 614. The van der Waals surface area contributed by atoms with Crippen LogP contribution in [0.5, 0.6) is 0 Å². The molecule has 0 spiro atoms. The van der Waals surface area contributed by atoms with Gasteiger partial charge in [0.1, 0.15) is 5.82 Å². The van der Waals surface area contributed by atoms with Gasteiger partial charge in [-0.2, -0.15) is 0 Å². The molecule has 0 aromatic heterocycles. The summed E-state index contributed by atoms with van der Waals surface area (Å²) in [7, 11) is 0. The van der Waals surface area contributed by atoms with Crippen LogP contribution < -0.4 is 10.6 Å². The molecule has 2 heterocycles. The van der Waals surface area contributed by atoms with Crippen molar-refractivity contribution < 1.29 is 14.0 Å². The first-order valence-corrected chi connectivity index (χ1v) is 8.19. The Morgan fingerprint density at radius 1 is 1.13 bits per heavy atom. The molecule has 23 heavy (non-hydrogen) atoms. The van der Waals surface area contributed by atoms with Gasteiger partial charge in [0, 0.05) is 31.7 Å². The Kier molecular flexibility index (Phi) is 4.50. The monoisotopic (exact) mass is 319 g/mol. The van der Waals surface area contributed by atoms with Crippen molar-refractivity contribution in [2.75, 3.05) is 31.1 Å². The predicted octanol–water partition coefficient (Wildman–Crippen LogP) is 1.76. The summed E-state index contributed by atoms with van der Waals surface area (Å²) in [6.07, 6.45) is 3.60. The van der Waals surface area contributed by atoms with Gasteiger partial charge in [-0.1, -0.05) is 0 Å². The van der Waals surface area contributed by atoms with Crippen LogP contribution in [0.3, 0.4) is 0 Å². The highest BCUT2D eigenvalue weighted by atomic mass is 19.1. The van der Waals surface area contributed by atoms with Crippen LogP contribution >= 0.6 is 0 Å². The van der Waals surface area contributed by atoms with Gasteiger partial charge in [0.2, 0.25) is 5.91 Å². The molecule has 3 rings (SSSR count). The fourth-order valence-electron chi connectivity index (χ4n) is 3.43. The summed E-state index contributed by atoms with van der Waals surface area (Å²) in [6, 6.07) is 4.67. The molecule has 2 amide bonds. The lowest BCUT2D eigenvalue weighted by atomic mass is 9.97. The van der Waals surface area contributed by atoms with Gasteiger partial charge in [0.05, 0.1) is 11.6 Å². The summed E-state index contributed by atoms with van der Waals surface area (Å²) < 4.78 is 14.3. The van der Waals surface area contributed by atoms with E-state index >= 15 is 0 Å². The zero-order chi connectivity index (χ0) is 16.4. The maximum Gasteiger partial charge on any atom is 0.253 e. The van der Waals surface area contributed by atoms with Gasteiger partial charge >= 0.3 is 0 Å². The molecule has 2 fully saturated rings. The summed E-state index contributed by atoms with van der Waals surface area (Å²) in [5.41, 5.74) is 6.23. The summed E-state index contributed by atoms with van der Waals surface area (Å²) in [6.45, 7) is 2.62. The molecular weight excluding hydrogens is 297 g/mol. The second-order valence-corrected chi connectivity index (χ2v) is 6.35. The lowest BCUT2D eigenvalue weighted by Gasteiger charge is -2.31. The summed E-state index contributed by atoms with van der Waals surface area (Å²) >= 11 is 0. The van der Waals surface area contributed by atoms with Crippen molar-refractivity contribution in [3.63, 3.8) is 0 Å². The number of nitrogens with zero attached hydrogens (tertiary/aromatic N) is 2. The fraction of sp³-hybridized carbons (Fsp3) is 0.529. The molecule has 0 saturated carbocycles. The van der Waals surface area contributed by atoms with Crippen LogP contribution in [0.1, 0.15) is 36.0 Å². The zero-order valence-electron chi connectivity index (χ0n) is 13.1. The molecule has 0 bridgehead atoms. The van der Waals surface area contributed by atoms with E-state index in [1.54, 1.807) is 17.0 Å². The van der Waals surface area contributed by atoms with Gasteiger partial charge in [-0.15, -0.1) is 0 Å². The van der Waals surface area contributed by atoms with Crippen LogP contribution in [0, 0.1) is 11.7 Å². The van der Waals surface area contributed by atoms with E-state index in [-0.39, 0.29) is 23.5 Å². The van der Waals surface area contributed by atoms with E-state index in [4.69, 9.17) is 5.73 Å². The first kappa shape index (κ1) is 15.8. The first-order chi connectivity index (χ1) is 11.1. The molecule has 1 aromatic carbocycles. The minimum atomic E-state index is -0.377. The highest BCUT2D eigenvalue weighted by Crippen LogP contribution is 2.25. The number of nitrogens with two attached hydrogens (primary N) is 1. The number of rotatable bonds is 3. The number of carbonyl (C=O) groups excluding carboxylic acids is 2. The number of primary amides is 1. The highest BCUT2D eigenvalue weighted by molar-refractivity contribution is 5.95. The number of anilines is 1. The number of likely N-dealkylation sites (tertiary alicyclic amines) is 1. The van der Waals surface area contributed by atoms with Crippen LogP contribution in [0.25, 0.3) is 0 Å². The Morgan fingerprint density at radius 2 is 1.87 bits per heavy atom. The number of amides is 2. The maximum absolute atomic E-state index is 14.3. The van der Waals surface area contributed by atoms with E-state index < -0.39 is 0 Å². The number of piperidine rings is 1. The van der Waals surface area contributed by atoms with Crippen LogP contribution in [0.4, 0.5) is 10.1 Å². The number of hydrogen-bond acceptors (Lipinski definition) is 3. The predicted molar refractivity (Wildman–Crippen MR) is 85.7 cm³/mol. The van der Waals surface area contributed by atoms with Gasteiger partial charge in [-0.25, -0.2) is 4.39 Å². The molecule has 1 atom stereocenters. The first-order valence-electron chi connectivity index (χ1n) is 8.19. The number of halogens is 1. The topological polar surface area (TPSA) is 66.6 Å². The number of hydrogen-bond donors (Lipinski definition) is 1. The Morgan fingerprint density at radius 3 is 2.52 bits per heavy atom. The summed E-state index contributed by atoms with van der Waals surface area (Å²) in [5.74, 6) is -1.27. The molecule has 2 N–H and O–H groups in total. The normalized spacial score (nSPS) is 21.5. The minimum absolute atomic E-state index is 0.233. The standard InChI is InChI=1S/C17H22FN3O2/c18-14-10-12(5-6-15(14)20-7-1-2-8-20)17(23)21-9-3-4-13(11-21)16(19)22/h5-6,10,13H,1-4,7-9,11H2,(H2,19,22)/t13-/m0/s1. The van der Waals surface area contributed by atoms with Gasteiger partial charge in [-0.3, -0.25) is 9.59 Å². The van der Waals surface area contributed by atoms with Crippen molar-refractivity contribution >= 4 is 17.5 Å². The molecule has 124 valence electrons. The fourth-order valence-corrected chi connectivity index (χ4v) is 3.43. The van der Waals surface area contributed by atoms with Crippen molar-refractivity contribution in [2.45, 2.75) is 25.7 Å². The molecule has 2 aliphatic heterocycles. The molecule has 1 aromatic rings. The average molecular weight is 319 g/mol. The van der Waals surface area contributed by atoms with Crippen molar-refractivity contribution in [3.05, 3.63) is 29.6 Å². The third kappa shape index (κ3) is 3.30. The SMILES string of the molecule is NC(=O)[C@H]1CCCN(C(=O)c2ccc(N3CCCC3)c(F)c2)C1. The van der Waals surface area contributed by atoms with E-state index in [1.165, 1.54) is 6.07 Å². The van der Waals surface area contributed by atoms with Gasteiger partial charge in [0.25, 0.3) is 5.91 Å². The molecule has 2 saturated heterocycles. The van der Waals surface area contributed by atoms with Crippen molar-refractivity contribution in [2.24, 2.45) is 11.7 Å². The Hall–Kier alpha value is -2.11. The third-order valence-corrected chi connectivity index (χ3v) is 4.75. The lowest BCUT2D eigenvalue weighted by molar-refractivity contribution is -0.123. The summed E-state index contributed by atoms with van der Waals surface area (Å²) in [4.78, 5) is 27.5. The molecule has 0 unspecified atom stereocenters. The quantitative estimate of drug-likeness (QED) is 0.923. The maximum atomic E-state index is 14.3. The molecule has 0 radical (unpaired) electrons. The Balaban J connectivity index is 1.74. The van der Waals surface area contributed by atoms with Crippen molar-refractivity contribution in [1.29, 1.82) is 0 Å². The van der Waals surface area contributed by atoms with Crippen LogP contribution in [-0.4, -0.2) is 42.9 Å². The van der Waals surface area contributed by atoms with E-state index in [9.17, 15) is 14.0 Å². The number of benzene rings is 1. The average Bonchev–Trinajstić information content (AvgIpc) is 3.08. The van der Waals surface area contributed by atoms with Crippen molar-refractivity contribution in [3.8, 4) is 0 Å². The van der Waals surface area contributed by atoms with Crippen molar-refractivity contribution in [1.82, 2.24) is 4.90 Å². The number of carbonyl (C=O) groups is 2. The second kappa shape index (κ2) is 6.56. The van der Waals surface area contributed by atoms with Crippen LogP contribution in [0.2, 0.25) is 0 Å². The third-order valence-electron chi connectivity index (χ3n) is 4.75. The van der Waals surface area contributed by atoms with Gasteiger partial charge in [0.15, 0.2) is 0 Å². The van der Waals surface area contributed by atoms with E-state index in [0.717, 1.165) is 32.4 Å². The zero-order valence-corrected chi connectivity index (χ0v) is 13.1. The van der Waals surface area contributed by atoms with Crippen LogP contribution in [0.15, 0.2) is 18.2 Å². The molecule has 2 aliphatic rings. The molecular formula is C17H22FN3O2. The lowest BCUT2D eigenvalue weighted by Crippen LogP contribution is -2.44. The molecule has 0 aliphatic carbocycles. The highest BCUT2D eigenvalue weighted by Gasteiger charge is 2.28. The second-order valence-electron chi connectivity index (χ2n) is 6.35. The van der Waals surface area contributed by atoms with Gasteiger partial charge < -0.3 is 15.5 Å². The smallest absolute Gasteiger partial charge is 0.253 e. The van der Waals surface area contributed by atoms with Crippen LogP contribution in [-0.2, 0) is 4.79 Å². The molecule has 6 heteroatoms. The Labute approximate surface area is 135 Å². The largest absolute Gasteiger partial charge is 0.369 e.